The highest BCUT2D eigenvalue weighted by atomic mass is 32.1. The summed E-state index contributed by atoms with van der Waals surface area (Å²) >= 11 is 1.14. The minimum Gasteiger partial charge on any atom is -0.472 e. The first-order valence-electron chi connectivity index (χ1n) is 7.02. The Morgan fingerprint density at radius 2 is 1.96 bits per heavy atom. The number of carbonyl (C=O) groups excluding carboxylic acids is 1. The zero-order valence-corrected chi connectivity index (χ0v) is 14.1. The van der Waals surface area contributed by atoms with Crippen LogP contribution in [0.3, 0.4) is 0 Å². The molecule has 0 radical (unpaired) electrons. The lowest BCUT2D eigenvalue weighted by atomic mass is 10.0. The first kappa shape index (κ1) is 15.9. The molecule has 0 aromatic carbocycles. The highest BCUT2D eigenvalue weighted by molar-refractivity contribution is 7.17. The number of nitrogens with one attached hydrogen (secondary N) is 1. The van der Waals surface area contributed by atoms with Crippen LogP contribution in [0.2, 0.25) is 0 Å². The summed E-state index contributed by atoms with van der Waals surface area (Å²) in [5.74, 6) is -0.328. The predicted molar refractivity (Wildman–Crippen MR) is 89.2 cm³/mol. The summed E-state index contributed by atoms with van der Waals surface area (Å²) in [4.78, 5) is 16.8. The minimum absolute atomic E-state index is 0.328. The Labute approximate surface area is 142 Å². The lowest BCUT2D eigenvalue weighted by molar-refractivity contribution is 0.102. The number of aromatic nitrogens is 5. The highest BCUT2D eigenvalue weighted by Crippen LogP contribution is 2.26. The van der Waals surface area contributed by atoms with Crippen molar-refractivity contribution in [1.82, 2.24) is 25.4 Å². The Kier molecular flexibility index (Phi) is 4.43. The van der Waals surface area contributed by atoms with Gasteiger partial charge in [-0.25, -0.2) is 0 Å². The Balaban J connectivity index is 1.96. The fraction of sp³-hybridized carbons (Fsp3) is 0.200. The maximum absolute atomic E-state index is 12.6. The lowest BCUT2D eigenvalue weighted by Crippen LogP contribution is -2.14. The number of pyridine rings is 1. The average Bonchev–Trinajstić information content (AvgIpc) is 3.02. The number of anilines is 1. The molecule has 1 amide bonds. The van der Waals surface area contributed by atoms with Gasteiger partial charge in [0.05, 0.1) is 24.6 Å². The molecule has 3 aromatic rings. The molecule has 0 aliphatic carbocycles. The number of hydrogen-bond acceptors (Lipinski definition) is 8. The van der Waals surface area contributed by atoms with E-state index in [0.29, 0.717) is 15.9 Å². The Morgan fingerprint density at radius 1 is 1.12 bits per heavy atom. The third-order valence-corrected chi connectivity index (χ3v) is 3.97. The smallest absolute Gasteiger partial charge is 0.295 e. The summed E-state index contributed by atoms with van der Waals surface area (Å²) in [6.07, 6.45) is 3.15. The maximum Gasteiger partial charge on any atom is 0.295 e. The quantitative estimate of drug-likeness (QED) is 0.775. The highest BCUT2D eigenvalue weighted by Gasteiger charge is 2.17. The van der Waals surface area contributed by atoms with Crippen molar-refractivity contribution >= 4 is 22.4 Å². The van der Waals surface area contributed by atoms with E-state index in [-0.39, 0.29) is 5.91 Å². The van der Waals surface area contributed by atoms with Crippen molar-refractivity contribution in [3.05, 3.63) is 41.5 Å². The molecule has 24 heavy (non-hydrogen) atoms. The largest absolute Gasteiger partial charge is 0.472 e. The van der Waals surface area contributed by atoms with Gasteiger partial charge in [0.25, 0.3) is 11.1 Å². The Morgan fingerprint density at radius 3 is 2.67 bits per heavy atom. The molecule has 0 aliphatic heterocycles. The molecule has 8 nitrogen and oxygen atoms in total. The van der Waals surface area contributed by atoms with E-state index in [2.05, 4.69) is 30.7 Å². The van der Waals surface area contributed by atoms with Gasteiger partial charge in [-0.1, -0.05) is 5.10 Å². The predicted octanol–water partition coefficient (Wildman–Crippen LogP) is 2.27. The zero-order valence-electron chi connectivity index (χ0n) is 13.3. The van der Waals surface area contributed by atoms with Gasteiger partial charge < -0.3 is 4.74 Å². The number of aryl methyl sites for hydroxylation is 2. The normalized spacial score (nSPS) is 10.5. The molecule has 0 atom stereocenters. The number of carbonyl (C=O) groups is 1. The molecule has 0 saturated heterocycles. The Bertz CT molecular complexity index is 895. The summed E-state index contributed by atoms with van der Waals surface area (Å²) in [5.41, 5.74) is 3.51. The van der Waals surface area contributed by atoms with Gasteiger partial charge in [0.2, 0.25) is 5.13 Å². The fourth-order valence-electron chi connectivity index (χ4n) is 2.11. The molecule has 0 bridgehead atoms. The van der Waals surface area contributed by atoms with Gasteiger partial charge >= 0.3 is 0 Å². The molecule has 0 fully saturated rings. The van der Waals surface area contributed by atoms with Crippen LogP contribution >= 0.6 is 11.3 Å². The number of nitrogens with zero attached hydrogens (tertiary/aromatic N) is 5. The van der Waals surface area contributed by atoms with E-state index in [4.69, 9.17) is 4.74 Å². The molecule has 0 saturated carbocycles. The summed E-state index contributed by atoms with van der Waals surface area (Å²) < 4.78 is 4.97. The van der Waals surface area contributed by atoms with Gasteiger partial charge in [-0.15, -0.1) is 5.10 Å². The molecular weight excluding hydrogens is 328 g/mol. The SMILES string of the molecule is COc1nnc(NC(=O)c2cnc(C)cc2-c2cnnc(C)c2)s1. The van der Waals surface area contributed by atoms with E-state index in [9.17, 15) is 4.79 Å². The Hall–Kier alpha value is -2.94. The van der Waals surface area contributed by atoms with Gasteiger partial charge in [0.15, 0.2) is 0 Å². The second-order valence-corrected chi connectivity index (χ2v) is 5.93. The number of amides is 1. The zero-order chi connectivity index (χ0) is 17.1. The van der Waals surface area contributed by atoms with Crippen LogP contribution in [-0.2, 0) is 0 Å². The summed E-state index contributed by atoms with van der Waals surface area (Å²) in [5, 5.41) is 19.0. The van der Waals surface area contributed by atoms with Gasteiger partial charge in [-0.05, 0) is 42.9 Å². The number of methoxy groups -OCH3 is 1. The van der Waals surface area contributed by atoms with Crippen LogP contribution in [0.5, 0.6) is 5.19 Å². The van der Waals surface area contributed by atoms with Gasteiger partial charge in [-0.2, -0.15) is 10.2 Å². The summed E-state index contributed by atoms with van der Waals surface area (Å²) in [6.45, 7) is 3.71. The third kappa shape index (κ3) is 3.35. The van der Waals surface area contributed by atoms with Gasteiger partial charge in [0.1, 0.15) is 0 Å². The van der Waals surface area contributed by atoms with Crippen molar-refractivity contribution in [2.75, 3.05) is 12.4 Å². The number of hydrogen-bond donors (Lipinski definition) is 1. The molecule has 0 aliphatic rings. The number of rotatable bonds is 4. The fourth-order valence-corrected chi connectivity index (χ4v) is 2.66. The van der Waals surface area contributed by atoms with Crippen LogP contribution in [0.15, 0.2) is 24.5 Å². The van der Waals surface area contributed by atoms with Crippen LogP contribution in [0.25, 0.3) is 11.1 Å². The van der Waals surface area contributed by atoms with Crippen LogP contribution < -0.4 is 10.1 Å². The van der Waals surface area contributed by atoms with Crippen molar-refractivity contribution in [2.45, 2.75) is 13.8 Å². The van der Waals surface area contributed by atoms with Crippen molar-refractivity contribution in [3.8, 4) is 16.3 Å². The van der Waals surface area contributed by atoms with Gasteiger partial charge in [0, 0.05) is 17.5 Å². The van der Waals surface area contributed by atoms with Crippen molar-refractivity contribution in [1.29, 1.82) is 0 Å². The molecule has 3 aromatic heterocycles. The van der Waals surface area contributed by atoms with E-state index in [1.807, 2.05) is 26.0 Å². The third-order valence-electron chi connectivity index (χ3n) is 3.17. The first-order chi connectivity index (χ1) is 11.6. The van der Waals surface area contributed by atoms with Crippen molar-refractivity contribution in [3.63, 3.8) is 0 Å². The standard InChI is InChI=1S/C15H14N6O2S/c1-8-5-11(10-4-9(2)19-17-6-10)12(7-16-8)13(22)18-14-20-21-15(23-3)24-14/h4-7H,1-3H3,(H,18,20,22). The van der Waals surface area contributed by atoms with E-state index in [1.54, 1.807) is 6.20 Å². The monoisotopic (exact) mass is 342 g/mol. The average molecular weight is 342 g/mol. The molecule has 122 valence electrons. The molecule has 0 unspecified atom stereocenters. The van der Waals surface area contributed by atoms with Crippen LogP contribution in [0.4, 0.5) is 5.13 Å². The second kappa shape index (κ2) is 6.67. The van der Waals surface area contributed by atoms with Crippen LogP contribution in [0.1, 0.15) is 21.7 Å². The molecule has 1 N–H and O–H groups in total. The summed E-state index contributed by atoms with van der Waals surface area (Å²) in [6, 6.07) is 3.71. The van der Waals surface area contributed by atoms with Crippen molar-refractivity contribution in [2.24, 2.45) is 0 Å². The van der Waals surface area contributed by atoms with E-state index < -0.39 is 0 Å². The first-order valence-corrected chi connectivity index (χ1v) is 7.83. The molecular formula is C15H14N6O2S. The molecule has 3 heterocycles. The van der Waals surface area contributed by atoms with E-state index >= 15 is 0 Å². The second-order valence-electron chi connectivity index (χ2n) is 4.99. The topological polar surface area (TPSA) is 103 Å². The maximum atomic E-state index is 12.6. The van der Waals surface area contributed by atoms with E-state index in [1.165, 1.54) is 13.3 Å². The van der Waals surface area contributed by atoms with Crippen LogP contribution in [-0.4, -0.2) is 38.4 Å². The summed E-state index contributed by atoms with van der Waals surface area (Å²) in [7, 11) is 1.49. The lowest BCUT2D eigenvalue weighted by Gasteiger charge is -2.09. The van der Waals surface area contributed by atoms with Crippen molar-refractivity contribution < 1.29 is 9.53 Å². The van der Waals surface area contributed by atoms with Gasteiger partial charge in [-0.3, -0.25) is 15.1 Å². The van der Waals surface area contributed by atoms with E-state index in [0.717, 1.165) is 33.9 Å². The molecule has 3 rings (SSSR count). The van der Waals surface area contributed by atoms with Crippen LogP contribution in [0, 0.1) is 13.8 Å². The number of ether oxygens (including phenoxy) is 1. The minimum atomic E-state index is -0.328. The molecule has 9 heteroatoms. The molecule has 0 spiro atoms.